The van der Waals surface area contributed by atoms with E-state index in [1.165, 1.54) is 0 Å². The summed E-state index contributed by atoms with van der Waals surface area (Å²) in [6.45, 7) is 0. The van der Waals surface area contributed by atoms with Crippen LogP contribution >= 0.6 is 0 Å². The minimum Gasteiger partial charge on any atom is -0.734 e. The van der Waals surface area contributed by atoms with Crippen molar-refractivity contribution < 1.29 is 127 Å². The van der Waals surface area contributed by atoms with E-state index in [0.717, 1.165) is 0 Å². The van der Waals surface area contributed by atoms with Crippen LogP contribution in [0.25, 0.3) is 0 Å². The summed E-state index contributed by atoms with van der Waals surface area (Å²) < 4.78 is 0. The zero-order valence-corrected chi connectivity index (χ0v) is 8.92. The Morgan fingerprint density at radius 2 is 0.455 bits per heavy atom. The molecule has 0 aromatic rings. The van der Waals surface area contributed by atoms with Gasteiger partial charge in [0.25, 0.3) is 0 Å². The molecular formula is Gd2O9. The fourth-order valence-corrected chi connectivity index (χ4v) is 0. The van der Waals surface area contributed by atoms with Gasteiger partial charge in [-0.25, -0.2) is 0 Å². The van der Waals surface area contributed by atoms with Crippen molar-refractivity contribution in [2.45, 2.75) is 0 Å². The van der Waals surface area contributed by atoms with Gasteiger partial charge in [0.05, 0.1) is 0 Å². The third-order valence-corrected chi connectivity index (χ3v) is 0. The van der Waals surface area contributed by atoms with Crippen molar-refractivity contribution in [3.05, 3.63) is 0 Å². The number of rotatable bonds is 0. The summed E-state index contributed by atoms with van der Waals surface area (Å²) in [7, 11) is 0. The van der Waals surface area contributed by atoms with E-state index in [0.29, 0.717) is 0 Å². The molecule has 0 bridgehead atoms. The summed E-state index contributed by atoms with van der Waals surface area (Å²) in [5, 5.41) is 52.5. The van der Waals surface area contributed by atoms with Crippen molar-refractivity contribution in [2.24, 2.45) is 0 Å². The van der Waals surface area contributed by atoms with E-state index < -0.39 is 0 Å². The van der Waals surface area contributed by atoms with Crippen molar-refractivity contribution in [3.63, 3.8) is 0 Å². The van der Waals surface area contributed by atoms with Gasteiger partial charge in [0.1, 0.15) is 0 Å². The number of hydrogen-bond acceptors (Lipinski definition) is 9. The molecule has 0 saturated carbocycles. The first-order valence-corrected chi connectivity index (χ1v) is 1.00. The summed E-state index contributed by atoms with van der Waals surface area (Å²) in [6, 6.07) is 0. The van der Waals surface area contributed by atoms with Gasteiger partial charge in [0.2, 0.25) is 0 Å². The molecule has 0 aromatic carbocycles. The molecule has 0 aliphatic rings. The van der Waals surface area contributed by atoms with Crippen molar-refractivity contribution >= 4 is 0 Å². The third kappa shape index (κ3) is 248. The van der Waals surface area contributed by atoms with Gasteiger partial charge in [-0.2, -0.15) is 0 Å². The van der Waals surface area contributed by atoms with Crippen LogP contribution in [0.1, 0.15) is 0 Å². The van der Waals surface area contributed by atoms with Gasteiger partial charge in [0.15, 0.2) is 0 Å². The normalized spacial score (nSPS) is 4.91. The van der Waals surface area contributed by atoms with Crippen LogP contribution in [0.5, 0.6) is 0 Å². The van der Waals surface area contributed by atoms with Gasteiger partial charge in [-0.05, 0) is 0 Å². The van der Waals surface area contributed by atoms with Crippen LogP contribution in [-0.4, -0.2) is 0 Å². The molecule has 11 heteroatoms. The van der Waals surface area contributed by atoms with Crippen molar-refractivity contribution in [3.8, 4) is 0 Å². The van der Waals surface area contributed by atoms with Crippen LogP contribution in [0, 0.1) is 79.9 Å². The molecule has 0 spiro atoms. The molecule has 2 radical (unpaired) electrons. The Morgan fingerprint density at radius 1 is 0.455 bits per heavy atom. The maximum atomic E-state index is 7.88. The molecular weight excluding hydrogens is 458 g/mol. The van der Waals surface area contributed by atoms with Crippen LogP contribution in [0.3, 0.4) is 0 Å². The second-order valence-corrected chi connectivity index (χ2v) is 0.204. The maximum Gasteiger partial charge on any atom is 3.00 e. The first-order chi connectivity index (χ1) is 4.24. The maximum absolute atomic E-state index is 7.88. The van der Waals surface area contributed by atoms with Crippen molar-refractivity contribution in [2.75, 3.05) is 0 Å². The van der Waals surface area contributed by atoms with E-state index in [2.05, 4.69) is 0 Å². The van der Waals surface area contributed by atoms with Crippen molar-refractivity contribution in [1.29, 1.82) is 0 Å². The third-order valence-electron chi connectivity index (χ3n) is 0. The Kier molecular flexibility index (Phi) is 149. The first kappa shape index (κ1) is 29.2. The van der Waals surface area contributed by atoms with Gasteiger partial charge in [-0.15, -0.1) is 0 Å². The Bertz CT molecular complexity index is 12.3. The summed E-state index contributed by atoms with van der Waals surface area (Å²) in [4.78, 5) is 0. The summed E-state index contributed by atoms with van der Waals surface area (Å²) in [5.74, 6) is 0. The van der Waals surface area contributed by atoms with Crippen LogP contribution in [0.2, 0.25) is 0 Å². The molecule has 0 aliphatic heterocycles. The Labute approximate surface area is 124 Å². The molecule has 0 N–H and O–H groups in total. The SMILES string of the molecule is [Gd+3].[Gd+3].[O-]O[O-].[O-]O[O-].[O-]O[O-]. The molecule has 0 rings (SSSR count). The van der Waals surface area contributed by atoms with Crippen LogP contribution in [0.15, 0.2) is 0 Å². The van der Waals surface area contributed by atoms with Gasteiger partial charge in [-0.3, -0.25) is 0 Å². The monoisotopic (exact) mass is 460 g/mol. The topological polar surface area (TPSA) is 166 Å². The minimum absolute atomic E-state index is 0. The largest absolute Gasteiger partial charge is 3.00 e. The van der Waals surface area contributed by atoms with E-state index in [1.54, 1.807) is 15.1 Å². The molecule has 0 aromatic heterocycles. The van der Waals surface area contributed by atoms with Crippen LogP contribution < -0.4 is 31.5 Å². The quantitative estimate of drug-likeness (QED) is 0.253. The summed E-state index contributed by atoms with van der Waals surface area (Å²) in [5.41, 5.74) is 0. The van der Waals surface area contributed by atoms with Gasteiger partial charge in [0, 0.05) is 0 Å². The van der Waals surface area contributed by atoms with E-state index in [1.807, 2.05) is 0 Å². The minimum atomic E-state index is 0. The second kappa shape index (κ2) is 56.0. The van der Waals surface area contributed by atoms with E-state index in [9.17, 15) is 0 Å². The molecule has 0 atom stereocenters. The molecule has 0 amide bonds. The van der Waals surface area contributed by atoms with Gasteiger partial charge < -0.3 is 46.7 Å². The van der Waals surface area contributed by atoms with E-state index in [4.69, 9.17) is 31.5 Å². The smallest absolute Gasteiger partial charge is 0.734 e. The van der Waals surface area contributed by atoms with Crippen molar-refractivity contribution in [1.82, 2.24) is 0 Å². The molecule has 0 aliphatic carbocycles. The number of hydrogen-bond donors (Lipinski definition) is 0. The van der Waals surface area contributed by atoms with Gasteiger partial charge >= 0.3 is 79.9 Å². The summed E-state index contributed by atoms with van der Waals surface area (Å²) >= 11 is 0. The molecule has 70 valence electrons. The average Bonchev–Trinajstić information content (AvgIpc) is 1.70. The molecule has 0 heterocycles. The Morgan fingerprint density at radius 3 is 0.455 bits per heavy atom. The standard InChI is InChI=1S/2Gd.3H2O3/c;;3*1-3-2/h;;3*1-2H/q2*+3;;;/p-6. The molecule has 0 saturated heterocycles. The predicted molar refractivity (Wildman–Crippen MR) is 3.25 cm³/mol. The zero-order valence-electron chi connectivity index (χ0n) is 4.38. The van der Waals surface area contributed by atoms with Crippen LogP contribution in [0.4, 0.5) is 0 Å². The Hall–Kier alpha value is 2.29. The predicted octanol–water partition coefficient (Wildman–Crippen LogP) is -7.34. The molecule has 9 nitrogen and oxygen atoms in total. The molecule has 0 fully saturated rings. The summed E-state index contributed by atoms with van der Waals surface area (Å²) in [6.07, 6.45) is 0. The van der Waals surface area contributed by atoms with E-state index >= 15 is 0 Å². The first-order valence-electron chi connectivity index (χ1n) is 1.00. The molecule has 0 unspecified atom stereocenters. The van der Waals surface area contributed by atoms with Gasteiger partial charge in [-0.1, -0.05) is 0 Å². The zero-order chi connectivity index (χ0) is 8.12. The second-order valence-electron chi connectivity index (χ2n) is 0.204. The molecule has 11 heavy (non-hydrogen) atoms. The fraction of sp³-hybridized carbons (Fsp3) is 0. The van der Waals surface area contributed by atoms with E-state index in [-0.39, 0.29) is 79.9 Å². The average molecular weight is 458 g/mol. The Balaban J connectivity index is -0.0000000150. The fourth-order valence-electron chi connectivity index (χ4n) is 0. The van der Waals surface area contributed by atoms with Crippen LogP contribution in [-0.2, 0) is 15.1 Å².